The summed E-state index contributed by atoms with van der Waals surface area (Å²) in [5.41, 5.74) is -0.671. The minimum Gasteiger partial charge on any atom is -0.463 e. The summed E-state index contributed by atoms with van der Waals surface area (Å²) in [7, 11) is 1.38. The number of hydrogen-bond donors (Lipinski definition) is 0. The predicted octanol–water partition coefficient (Wildman–Crippen LogP) is 1.07. The highest BCUT2D eigenvalue weighted by atomic mass is 79.9. The van der Waals surface area contributed by atoms with Crippen molar-refractivity contribution >= 4 is 39.5 Å². The van der Waals surface area contributed by atoms with Crippen molar-refractivity contribution in [3.63, 3.8) is 0 Å². The predicted molar refractivity (Wildman–Crippen MR) is 88.1 cm³/mol. The largest absolute Gasteiger partial charge is 0.463 e. The minimum atomic E-state index is -0.955. The smallest absolute Gasteiger partial charge is 0.351 e. The summed E-state index contributed by atoms with van der Waals surface area (Å²) >= 11 is 8.99. The van der Waals surface area contributed by atoms with Crippen LogP contribution >= 0.6 is 27.5 Å². The maximum absolute atomic E-state index is 12.2. The van der Waals surface area contributed by atoms with E-state index in [1.54, 1.807) is 0 Å². The summed E-state index contributed by atoms with van der Waals surface area (Å²) in [4.78, 5) is 38.3. The van der Waals surface area contributed by atoms with Crippen molar-refractivity contribution < 1.29 is 28.5 Å². The molecule has 4 atom stereocenters. The van der Waals surface area contributed by atoms with Crippen molar-refractivity contribution in [1.82, 2.24) is 9.55 Å². The van der Waals surface area contributed by atoms with E-state index in [0.717, 1.165) is 4.57 Å². The van der Waals surface area contributed by atoms with Gasteiger partial charge < -0.3 is 18.9 Å². The summed E-state index contributed by atoms with van der Waals surface area (Å²) < 4.78 is 22.9. The van der Waals surface area contributed by atoms with Crippen molar-refractivity contribution in [1.29, 1.82) is 0 Å². The van der Waals surface area contributed by atoms with Gasteiger partial charge in [0, 0.05) is 27.2 Å². The van der Waals surface area contributed by atoms with E-state index in [9.17, 15) is 14.4 Å². The molecular weight excluding hydrogens is 424 g/mol. The highest BCUT2D eigenvalue weighted by molar-refractivity contribution is 9.10. The summed E-state index contributed by atoms with van der Waals surface area (Å²) in [5.74, 6) is -1.08. The molecule has 1 aromatic rings. The maximum atomic E-state index is 12.2. The molecular formula is C14H16BrClN2O7. The standard InChI is InChI=1S/C14H16BrClN2O7/c1-6(19)23-5-9-10(24-7(2)20)11(22-3)13(25-9)18-4-8(15)12(16)17-14(18)21/h4,9-11,13H,5H2,1-3H3/t9-,10?,11?,13-/m1/s1. The number of rotatable bonds is 5. The van der Waals surface area contributed by atoms with Gasteiger partial charge in [-0.05, 0) is 15.9 Å². The zero-order chi connectivity index (χ0) is 18.7. The highest BCUT2D eigenvalue weighted by Crippen LogP contribution is 2.33. The molecule has 1 aliphatic heterocycles. The first kappa shape index (κ1) is 19.8. The van der Waals surface area contributed by atoms with Gasteiger partial charge in [0.1, 0.15) is 18.8 Å². The van der Waals surface area contributed by atoms with E-state index in [0.29, 0.717) is 4.47 Å². The first-order valence-electron chi connectivity index (χ1n) is 7.17. The zero-order valence-corrected chi connectivity index (χ0v) is 15.9. The normalized spacial score (nSPS) is 25.6. The Hall–Kier alpha value is -1.49. The van der Waals surface area contributed by atoms with E-state index in [1.807, 2.05) is 0 Å². The van der Waals surface area contributed by atoms with Crippen molar-refractivity contribution in [2.45, 2.75) is 38.4 Å². The third kappa shape index (κ3) is 4.57. The van der Waals surface area contributed by atoms with Gasteiger partial charge in [-0.3, -0.25) is 14.2 Å². The molecule has 2 rings (SSSR count). The van der Waals surface area contributed by atoms with Gasteiger partial charge in [-0.1, -0.05) is 11.6 Å². The fourth-order valence-electron chi connectivity index (χ4n) is 2.46. The number of hydrogen-bond acceptors (Lipinski definition) is 8. The number of esters is 2. The number of carbonyl (C=O) groups excluding carboxylic acids is 2. The lowest BCUT2D eigenvalue weighted by molar-refractivity contribution is -0.157. The fourth-order valence-corrected chi connectivity index (χ4v) is 2.89. The monoisotopic (exact) mass is 438 g/mol. The minimum absolute atomic E-state index is 0.00112. The van der Waals surface area contributed by atoms with E-state index in [4.69, 9.17) is 30.5 Å². The second kappa shape index (κ2) is 8.26. The lowest BCUT2D eigenvalue weighted by Crippen LogP contribution is -2.40. The Bertz CT molecular complexity index is 726. The van der Waals surface area contributed by atoms with Crippen LogP contribution < -0.4 is 5.69 Å². The van der Waals surface area contributed by atoms with Crippen molar-refractivity contribution in [3.05, 3.63) is 26.3 Å². The molecule has 0 amide bonds. The van der Waals surface area contributed by atoms with Gasteiger partial charge in [0.2, 0.25) is 0 Å². The highest BCUT2D eigenvalue weighted by Gasteiger charge is 2.49. The van der Waals surface area contributed by atoms with Gasteiger partial charge in [0.25, 0.3) is 0 Å². The lowest BCUT2D eigenvalue weighted by atomic mass is 10.1. The van der Waals surface area contributed by atoms with Gasteiger partial charge in [-0.15, -0.1) is 0 Å². The Labute approximate surface area is 156 Å². The lowest BCUT2D eigenvalue weighted by Gasteiger charge is -2.23. The molecule has 0 aliphatic carbocycles. The number of methoxy groups -OCH3 is 1. The second-order valence-electron chi connectivity index (χ2n) is 5.21. The van der Waals surface area contributed by atoms with Crippen molar-refractivity contribution in [2.75, 3.05) is 13.7 Å². The number of aromatic nitrogens is 2. The summed E-state index contributed by atoms with van der Waals surface area (Å²) in [6, 6.07) is 0. The van der Waals surface area contributed by atoms with Gasteiger partial charge in [0.05, 0.1) is 4.47 Å². The van der Waals surface area contributed by atoms with Crippen LogP contribution in [0.5, 0.6) is 0 Å². The third-order valence-electron chi connectivity index (χ3n) is 3.45. The Morgan fingerprint density at radius 3 is 2.60 bits per heavy atom. The van der Waals surface area contributed by atoms with Gasteiger partial charge in [-0.25, -0.2) is 4.79 Å². The van der Waals surface area contributed by atoms with E-state index < -0.39 is 42.2 Å². The second-order valence-corrected chi connectivity index (χ2v) is 6.42. The Kier molecular flexibility index (Phi) is 6.55. The van der Waals surface area contributed by atoms with Crippen LogP contribution in [0.1, 0.15) is 20.1 Å². The maximum Gasteiger partial charge on any atom is 0.351 e. The van der Waals surface area contributed by atoms with E-state index in [-0.39, 0.29) is 11.8 Å². The average molecular weight is 440 g/mol. The fraction of sp³-hybridized carbons (Fsp3) is 0.571. The number of carbonyl (C=O) groups is 2. The number of nitrogens with zero attached hydrogens (tertiary/aromatic N) is 2. The molecule has 2 heterocycles. The SMILES string of the molecule is COC1C(OC(C)=O)[C@@H](COC(C)=O)O[C@H]1n1cc(Br)c(Cl)nc1=O. The third-order valence-corrected chi connectivity index (χ3v) is 4.55. The van der Waals surface area contributed by atoms with Gasteiger partial charge >= 0.3 is 17.6 Å². The quantitative estimate of drug-likeness (QED) is 0.495. The van der Waals surface area contributed by atoms with Crippen LogP contribution in [0.2, 0.25) is 5.15 Å². The number of ether oxygens (including phenoxy) is 4. The summed E-state index contributed by atoms with van der Waals surface area (Å²) in [5, 5.41) is 0.00112. The molecule has 0 N–H and O–H groups in total. The average Bonchev–Trinajstić information content (AvgIpc) is 2.85. The topological polar surface area (TPSA) is 106 Å². The van der Waals surface area contributed by atoms with Gasteiger partial charge in [0.15, 0.2) is 17.5 Å². The Morgan fingerprint density at radius 1 is 1.36 bits per heavy atom. The Morgan fingerprint density at radius 2 is 2.04 bits per heavy atom. The van der Waals surface area contributed by atoms with Crippen LogP contribution in [0.4, 0.5) is 0 Å². The molecule has 0 bridgehead atoms. The summed E-state index contributed by atoms with van der Waals surface area (Å²) in [6.07, 6.45) is -2.08. The summed E-state index contributed by atoms with van der Waals surface area (Å²) in [6.45, 7) is 2.31. The molecule has 0 aromatic carbocycles. The molecule has 25 heavy (non-hydrogen) atoms. The molecule has 2 unspecified atom stereocenters. The zero-order valence-electron chi connectivity index (χ0n) is 13.6. The molecule has 1 fully saturated rings. The molecule has 1 aliphatic rings. The molecule has 9 nitrogen and oxygen atoms in total. The van der Waals surface area contributed by atoms with Crippen LogP contribution in [0.25, 0.3) is 0 Å². The molecule has 138 valence electrons. The van der Waals surface area contributed by atoms with Crippen LogP contribution in [-0.4, -0.2) is 53.5 Å². The van der Waals surface area contributed by atoms with Crippen molar-refractivity contribution in [3.8, 4) is 0 Å². The molecule has 11 heteroatoms. The van der Waals surface area contributed by atoms with Crippen LogP contribution in [0.15, 0.2) is 15.5 Å². The van der Waals surface area contributed by atoms with Crippen LogP contribution in [-0.2, 0) is 28.5 Å². The molecule has 0 saturated carbocycles. The molecule has 0 radical (unpaired) electrons. The first-order valence-corrected chi connectivity index (χ1v) is 8.34. The molecule has 0 spiro atoms. The van der Waals surface area contributed by atoms with Crippen LogP contribution in [0.3, 0.4) is 0 Å². The molecule has 1 aromatic heterocycles. The van der Waals surface area contributed by atoms with E-state index >= 15 is 0 Å². The van der Waals surface area contributed by atoms with E-state index in [1.165, 1.54) is 27.2 Å². The Balaban J connectivity index is 2.37. The van der Waals surface area contributed by atoms with E-state index in [2.05, 4.69) is 20.9 Å². The molecule has 1 saturated heterocycles. The number of halogens is 2. The van der Waals surface area contributed by atoms with Crippen LogP contribution in [0, 0.1) is 0 Å². The van der Waals surface area contributed by atoms with Crippen molar-refractivity contribution in [2.24, 2.45) is 0 Å². The van der Waals surface area contributed by atoms with Gasteiger partial charge in [-0.2, -0.15) is 4.98 Å². The first-order chi connectivity index (χ1) is 11.7.